The summed E-state index contributed by atoms with van der Waals surface area (Å²) in [7, 11) is 0. The van der Waals surface area contributed by atoms with Crippen molar-refractivity contribution in [2.75, 3.05) is 12.3 Å². The maximum Gasteiger partial charge on any atom is 0.236 e. The number of hydrogen-bond acceptors (Lipinski definition) is 4. The number of benzene rings is 1. The average molecular weight is 282 g/mol. The summed E-state index contributed by atoms with van der Waals surface area (Å²) in [6, 6.07) is 9.77. The molecule has 0 atom stereocenters. The van der Waals surface area contributed by atoms with Crippen molar-refractivity contribution in [3.8, 4) is 17.0 Å². The molecular formula is C16H18N4O. The number of rotatable bonds is 5. The molecule has 2 heterocycles. The summed E-state index contributed by atoms with van der Waals surface area (Å²) >= 11 is 0. The van der Waals surface area contributed by atoms with E-state index in [0.29, 0.717) is 11.6 Å². The Morgan fingerprint density at radius 1 is 1.24 bits per heavy atom. The predicted molar refractivity (Wildman–Crippen MR) is 83.2 cm³/mol. The molecule has 0 amide bonds. The van der Waals surface area contributed by atoms with Gasteiger partial charge in [-0.1, -0.05) is 13.3 Å². The number of ether oxygens (including phenoxy) is 1. The SMILES string of the molecule is CCCCOc1ccc(-c2c(N)nc3ncccn23)cc1. The Morgan fingerprint density at radius 2 is 2.05 bits per heavy atom. The molecule has 0 bridgehead atoms. The molecule has 1 aromatic carbocycles. The fraction of sp³-hybridized carbons (Fsp3) is 0.250. The van der Waals surface area contributed by atoms with Crippen LogP contribution in [-0.2, 0) is 0 Å². The minimum atomic E-state index is 0.480. The largest absolute Gasteiger partial charge is 0.494 e. The van der Waals surface area contributed by atoms with Crippen LogP contribution in [0.25, 0.3) is 17.0 Å². The van der Waals surface area contributed by atoms with Crippen molar-refractivity contribution in [2.24, 2.45) is 0 Å². The summed E-state index contributed by atoms with van der Waals surface area (Å²) in [5.41, 5.74) is 7.87. The molecule has 0 spiro atoms. The number of nitrogens with two attached hydrogens (primary N) is 1. The first-order chi connectivity index (χ1) is 10.3. The Bertz CT molecular complexity index is 734. The molecule has 0 aliphatic rings. The summed E-state index contributed by atoms with van der Waals surface area (Å²) in [5.74, 6) is 1.96. The van der Waals surface area contributed by atoms with Crippen molar-refractivity contribution in [1.82, 2.24) is 14.4 Å². The van der Waals surface area contributed by atoms with Gasteiger partial charge in [0.2, 0.25) is 5.78 Å². The van der Waals surface area contributed by atoms with Gasteiger partial charge in [-0.15, -0.1) is 0 Å². The van der Waals surface area contributed by atoms with Gasteiger partial charge >= 0.3 is 0 Å². The normalized spacial score (nSPS) is 10.9. The second-order valence-electron chi connectivity index (χ2n) is 4.86. The van der Waals surface area contributed by atoms with E-state index in [1.807, 2.05) is 40.9 Å². The van der Waals surface area contributed by atoms with Crippen LogP contribution in [-0.4, -0.2) is 21.0 Å². The Morgan fingerprint density at radius 3 is 2.81 bits per heavy atom. The van der Waals surface area contributed by atoms with Crippen LogP contribution in [0.5, 0.6) is 5.75 Å². The highest BCUT2D eigenvalue weighted by Gasteiger charge is 2.11. The van der Waals surface area contributed by atoms with Crippen LogP contribution in [0.2, 0.25) is 0 Å². The summed E-state index contributed by atoms with van der Waals surface area (Å²) in [5, 5.41) is 0. The highest BCUT2D eigenvalue weighted by molar-refractivity contribution is 5.74. The van der Waals surface area contributed by atoms with Crippen molar-refractivity contribution in [3.63, 3.8) is 0 Å². The number of nitrogen functional groups attached to an aromatic ring is 1. The first-order valence-electron chi connectivity index (χ1n) is 7.11. The van der Waals surface area contributed by atoms with Gasteiger partial charge in [-0.2, -0.15) is 4.98 Å². The van der Waals surface area contributed by atoms with E-state index in [9.17, 15) is 0 Å². The number of nitrogens with zero attached hydrogens (tertiary/aromatic N) is 3. The molecule has 21 heavy (non-hydrogen) atoms. The topological polar surface area (TPSA) is 65.4 Å². The summed E-state index contributed by atoms with van der Waals surface area (Å²) < 4.78 is 7.56. The average Bonchev–Trinajstić information content (AvgIpc) is 2.84. The number of imidazole rings is 1. The fourth-order valence-electron chi connectivity index (χ4n) is 2.23. The zero-order valence-electron chi connectivity index (χ0n) is 12.0. The lowest BCUT2D eigenvalue weighted by Gasteiger charge is -2.07. The van der Waals surface area contributed by atoms with E-state index in [0.717, 1.165) is 36.5 Å². The molecule has 3 aromatic rings. The smallest absolute Gasteiger partial charge is 0.236 e. The molecule has 0 fully saturated rings. The molecule has 5 nitrogen and oxygen atoms in total. The van der Waals surface area contributed by atoms with E-state index in [2.05, 4.69) is 16.9 Å². The molecule has 0 aliphatic carbocycles. The first kappa shape index (κ1) is 13.4. The summed E-state index contributed by atoms with van der Waals surface area (Å²) in [4.78, 5) is 8.47. The van der Waals surface area contributed by atoms with Crippen molar-refractivity contribution in [3.05, 3.63) is 42.7 Å². The van der Waals surface area contributed by atoms with Crippen LogP contribution >= 0.6 is 0 Å². The molecule has 0 aliphatic heterocycles. The van der Waals surface area contributed by atoms with Crippen molar-refractivity contribution >= 4 is 11.6 Å². The van der Waals surface area contributed by atoms with Gasteiger partial charge in [-0.3, -0.25) is 4.40 Å². The molecule has 2 aromatic heterocycles. The third-order valence-electron chi connectivity index (χ3n) is 3.33. The molecule has 108 valence electrons. The number of aromatic nitrogens is 3. The maximum atomic E-state index is 6.02. The number of unbranched alkanes of at least 4 members (excludes halogenated alkanes) is 1. The quantitative estimate of drug-likeness (QED) is 0.730. The van der Waals surface area contributed by atoms with E-state index >= 15 is 0 Å². The standard InChI is InChI=1S/C16H18N4O/c1-2-3-11-21-13-7-5-12(6-8-13)14-15(17)19-16-18-9-4-10-20(14)16/h4-10H,2-3,11,17H2,1H3. The van der Waals surface area contributed by atoms with Gasteiger partial charge in [0, 0.05) is 18.0 Å². The van der Waals surface area contributed by atoms with Crippen LogP contribution in [0.4, 0.5) is 5.82 Å². The van der Waals surface area contributed by atoms with Gasteiger partial charge in [-0.05, 0) is 36.8 Å². The van der Waals surface area contributed by atoms with Crippen LogP contribution in [0.1, 0.15) is 19.8 Å². The third-order valence-corrected chi connectivity index (χ3v) is 3.33. The summed E-state index contributed by atoms with van der Waals surface area (Å²) in [6.45, 7) is 2.89. The van der Waals surface area contributed by atoms with Gasteiger partial charge in [-0.25, -0.2) is 4.98 Å². The fourth-order valence-corrected chi connectivity index (χ4v) is 2.23. The van der Waals surface area contributed by atoms with Crippen LogP contribution in [0.3, 0.4) is 0 Å². The second-order valence-corrected chi connectivity index (χ2v) is 4.86. The molecular weight excluding hydrogens is 264 g/mol. The van der Waals surface area contributed by atoms with Crippen molar-refractivity contribution in [2.45, 2.75) is 19.8 Å². The monoisotopic (exact) mass is 282 g/mol. The van der Waals surface area contributed by atoms with Gasteiger partial charge in [0.15, 0.2) is 5.82 Å². The highest BCUT2D eigenvalue weighted by Crippen LogP contribution is 2.27. The number of fused-ring (bicyclic) bond motifs is 1. The summed E-state index contributed by atoms with van der Waals surface area (Å²) in [6.07, 6.45) is 5.81. The van der Waals surface area contributed by atoms with Crippen LogP contribution in [0, 0.1) is 0 Å². The highest BCUT2D eigenvalue weighted by atomic mass is 16.5. The van der Waals surface area contributed by atoms with Gasteiger partial charge in [0.1, 0.15) is 5.75 Å². The minimum Gasteiger partial charge on any atom is -0.494 e. The predicted octanol–water partition coefficient (Wildman–Crippen LogP) is 3.16. The molecule has 3 rings (SSSR count). The molecule has 0 radical (unpaired) electrons. The second kappa shape index (κ2) is 5.83. The third kappa shape index (κ3) is 2.67. The van der Waals surface area contributed by atoms with Gasteiger partial charge in [0.25, 0.3) is 0 Å². The number of hydrogen-bond donors (Lipinski definition) is 1. The molecule has 0 unspecified atom stereocenters. The van der Waals surface area contributed by atoms with Crippen molar-refractivity contribution in [1.29, 1.82) is 0 Å². The van der Waals surface area contributed by atoms with Crippen molar-refractivity contribution < 1.29 is 4.74 Å². The van der Waals surface area contributed by atoms with E-state index in [-0.39, 0.29) is 0 Å². The molecule has 5 heteroatoms. The zero-order chi connectivity index (χ0) is 14.7. The van der Waals surface area contributed by atoms with E-state index in [1.165, 1.54) is 0 Å². The van der Waals surface area contributed by atoms with Crippen LogP contribution in [0.15, 0.2) is 42.7 Å². The van der Waals surface area contributed by atoms with E-state index in [4.69, 9.17) is 10.5 Å². The van der Waals surface area contributed by atoms with Gasteiger partial charge < -0.3 is 10.5 Å². The lowest BCUT2D eigenvalue weighted by Crippen LogP contribution is -1.96. The Kier molecular flexibility index (Phi) is 3.73. The Balaban J connectivity index is 1.90. The Hall–Kier alpha value is -2.56. The lowest BCUT2D eigenvalue weighted by molar-refractivity contribution is 0.309. The zero-order valence-corrected chi connectivity index (χ0v) is 12.0. The minimum absolute atomic E-state index is 0.480. The lowest BCUT2D eigenvalue weighted by atomic mass is 10.1. The molecule has 0 saturated carbocycles. The van der Waals surface area contributed by atoms with E-state index < -0.39 is 0 Å². The van der Waals surface area contributed by atoms with E-state index in [1.54, 1.807) is 6.20 Å². The molecule has 0 saturated heterocycles. The first-order valence-corrected chi connectivity index (χ1v) is 7.11. The molecule has 2 N–H and O–H groups in total. The maximum absolute atomic E-state index is 6.02. The van der Waals surface area contributed by atoms with Gasteiger partial charge in [0.05, 0.1) is 12.3 Å². The Labute approximate surface area is 123 Å². The van der Waals surface area contributed by atoms with Crippen LogP contribution < -0.4 is 10.5 Å². The number of anilines is 1.